The minimum atomic E-state index is -1.10. The molecule has 0 bridgehead atoms. The zero-order valence-electron chi connectivity index (χ0n) is 16.2. The molecule has 2 amide bonds. The molecule has 152 valence electrons. The number of anilines is 2. The summed E-state index contributed by atoms with van der Waals surface area (Å²) >= 11 is 0. The maximum absolute atomic E-state index is 12.7. The van der Waals surface area contributed by atoms with Gasteiger partial charge in [0.2, 0.25) is 5.91 Å². The Bertz CT molecular complexity index is 956. The van der Waals surface area contributed by atoms with Gasteiger partial charge >= 0.3 is 5.97 Å². The van der Waals surface area contributed by atoms with Crippen LogP contribution in [-0.2, 0) is 16.0 Å². The van der Waals surface area contributed by atoms with Gasteiger partial charge in [-0.05, 0) is 55.3 Å². The highest BCUT2D eigenvalue weighted by atomic mass is 16.5. The monoisotopic (exact) mass is 398 g/mol. The van der Waals surface area contributed by atoms with Crippen LogP contribution in [0.2, 0.25) is 0 Å². The van der Waals surface area contributed by atoms with E-state index in [1.807, 2.05) is 12.1 Å². The molecule has 0 spiro atoms. The van der Waals surface area contributed by atoms with Crippen LogP contribution in [0.5, 0.6) is 11.5 Å². The van der Waals surface area contributed by atoms with Gasteiger partial charge in [0.1, 0.15) is 0 Å². The Labute approximate surface area is 168 Å². The van der Waals surface area contributed by atoms with Gasteiger partial charge in [-0.15, -0.1) is 0 Å². The number of amides is 2. The molecule has 0 unspecified atom stereocenters. The van der Waals surface area contributed by atoms with Crippen LogP contribution in [0.3, 0.4) is 0 Å². The Hall–Kier alpha value is -3.55. The van der Waals surface area contributed by atoms with Gasteiger partial charge < -0.3 is 24.8 Å². The molecule has 0 aliphatic carbocycles. The molecule has 2 aromatic rings. The standard InChI is InChI=1S/C21H22N2O6/c1-3-28-19-11-15(4-7-18(19)29-12-20(25)26)21(27)22-16-5-6-17-14(10-16)8-9-23(17)13(2)24/h4-7,10-11H,3,8-9,12H2,1-2H3,(H,22,27)(H,25,26). The van der Waals surface area contributed by atoms with Crippen LogP contribution >= 0.6 is 0 Å². The summed E-state index contributed by atoms with van der Waals surface area (Å²) in [6.45, 7) is 3.79. The van der Waals surface area contributed by atoms with Crippen molar-refractivity contribution < 1.29 is 29.0 Å². The topological polar surface area (TPSA) is 105 Å². The third kappa shape index (κ3) is 4.66. The summed E-state index contributed by atoms with van der Waals surface area (Å²) in [5, 5.41) is 11.6. The van der Waals surface area contributed by atoms with Crippen molar-refractivity contribution in [1.82, 2.24) is 0 Å². The minimum Gasteiger partial charge on any atom is -0.490 e. The molecule has 1 aliphatic rings. The Kier molecular flexibility index (Phi) is 6.01. The van der Waals surface area contributed by atoms with Crippen molar-refractivity contribution in [2.24, 2.45) is 0 Å². The lowest BCUT2D eigenvalue weighted by molar-refractivity contribution is -0.139. The normalized spacial score (nSPS) is 12.3. The van der Waals surface area contributed by atoms with Crippen molar-refractivity contribution in [2.45, 2.75) is 20.3 Å². The Morgan fingerprint density at radius 2 is 1.90 bits per heavy atom. The summed E-state index contributed by atoms with van der Waals surface area (Å²) in [4.78, 5) is 36.7. The van der Waals surface area contributed by atoms with Crippen molar-refractivity contribution in [3.05, 3.63) is 47.5 Å². The van der Waals surface area contributed by atoms with E-state index in [2.05, 4.69) is 5.32 Å². The van der Waals surface area contributed by atoms with Crippen LogP contribution in [0.15, 0.2) is 36.4 Å². The molecule has 0 atom stereocenters. The van der Waals surface area contributed by atoms with Gasteiger partial charge in [0.25, 0.3) is 5.91 Å². The molecule has 8 nitrogen and oxygen atoms in total. The van der Waals surface area contributed by atoms with Gasteiger partial charge in [0.15, 0.2) is 18.1 Å². The van der Waals surface area contributed by atoms with E-state index in [0.29, 0.717) is 30.2 Å². The highest BCUT2D eigenvalue weighted by molar-refractivity contribution is 6.05. The van der Waals surface area contributed by atoms with Gasteiger partial charge in [-0.25, -0.2) is 4.79 Å². The van der Waals surface area contributed by atoms with E-state index in [4.69, 9.17) is 14.6 Å². The van der Waals surface area contributed by atoms with Crippen LogP contribution < -0.4 is 19.7 Å². The highest BCUT2D eigenvalue weighted by Crippen LogP contribution is 2.32. The van der Waals surface area contributed by atoms with Crippen molar-refractivity contribution in [3.63, 3.8) is 0 Å². The number of hydrogen-bond donors (Lipinski definition) is 2. The number of carboxylic acid groups (broad SMARTS) is 1. The lowest BCUT2D eigenvalue weighted by Crippen LogP contribution is -2.25. The van der Waals surface area contributed by atoms with E-state index in [0.717, 1.165) is 17.7 Å². The number of aliphatic carboxylic acids is 1. The number of rotatable bonds is 7. The van der Waals surface area contributed by atoms with E-state index in [-0.39, 0.29) is 17.6 Å². The number of benzene rings is 2. The smallest absolute Gasteiger partial charge is 0.341 e. The Morgan fingerprint density at radius 1 is 1.10 bits per heavy atom. The number of nitrogens with one attached hydrogen (secondary N) is 1. The maximum Gasteiger partial charge on any atom is 0.341 e. The molecular weight excluding hydrogens is 376 g/mol. The molecule has 2 aromatic carbocycles. The number of carbonyl (C=O) groups is 3. The van der Waals surface area contributed by atoms with Crippen LogP contribution in [-0.4, -0.2) is 42.6 Å². The molecule has 0 fully saturated rings. The molecule has 8 heteroatoms. The molecule has 0 aromatic heterocycles. The van der Waals surface area contributed by atoms with Gasteiger partial charge in [0, 0.05) is 30.4 Å². The predicted molar refractivity (Wildman–Crippen MR) is 107 cm³/mol. The van der Waals surface area contributed by atoms with Crippen LogP contribution in [0.25, 0.3) is 0 Å². The fourth-order valence-electron chi connectivity index (χ4n) is 3.19. The van der Waals surface area contributed by atoms with Gasteiger partial charge in [-0.2, -0.15) is 0 Å². The SMILES string of the molecule is CCOc1cc(C(=O)Nc2ccc3c(c2)CCN3C(C)=O)ccc1OCC(=O)O. The third-order valence-corrected chi connectivity index (χ3v) is 4.47. The van der Waals surface area contributed by atoms with E-state index < -0.39 is 12.6 Å². The first-order chi connectivity index (χ1) is 13.9. The van der Waals surface area contributed by atoms with Crippen molar-refractivity contribution >= 4 is 29.2 Å². The number of fused-ring (bicyclic) bond motifs is 1. The summed E-state index contributed by atoms with van der Waals surface area (Å²) < 4.78 is 10.7. The average molecular weight is 398 g/mol. The first kappa shape index (κ1) is 20.2. The minimum absolute atomic E-state index is 0.00537. The van der Waals surface area contributed by atoms with Crippen LogP contribution in [0.4, 0.5) is 11.4 Å². The first-order valence-corrected chi connectivity index (χ1v) is 9.23. The number of ether oxygens (including phenoxy) is 2. The molecule has 0 saturated carbocycles. The van der Waals surface area contributed by atoms with Crippen LogP contribution in [0.1, 0.15) is 29.8 Å². The first-order valence-electron chi connectivity index (χ1n) is 9.23. The Balaban J connectivity index is 1.76. The second kappa shape index (κ2) is 8.64. The summed E-state index contributed by atoms with van der Waals surface area (Å²) in [6.07, 6.45) is 0.739. The average Bonchev–Trinajstić information content (AvgIpc) is 3.10. The molecule has 0 saturated heterocycles. The summed E-state index contributed by atoms with van der Waals surface area (Å²) in [5.74, 6) is -0.888. The molecule has 1 heterocycles. The zero-order valence-corrected chi connectivity index (χ0v) is 16.2. The van der Waals surface area contributed by atoms with Crippen molar-refractivity contribution in [2.75, 3.05) is 30.0 Å². The molecular formula is C21H22N2O6. The zero-order chi connectivity index (χ0) is 21.0. The maximum atomic E-state index is 12.7. The van der Waals surface area contributed by atoms with Crippen molar-refractivity contribution in [1.29, 1.82) is 0 Å². The molecule has 1 aliphatic heterocycles. The summed E-state index contributed by atoms with van der Waals surface area (Å²) in [6, 6.07) is 10.0. The lowest BCUT2D eigenvalue weighted by atomic mass is 10.1. The fraction of sp³-hybridized carbons (Fsp3) is 0.286. The second-order valence-electron chi connectivity index (χ2n) is 6.50. The van der Waals surface area contributed by atoms with E-state index in [9.17, 15) is 14.4 Å². The molecule has 3 rings (SSSR count). The van der Waals surface area contributed by atoms with Crippen LogP contribution in [0, 0.1) is 0 Å². The quantitative estimate of drug-likeness (QED) is 0.743. The van der Waals surface area contributed by atoms with Gasteiger partial charge in [-0.1, -0.05) is 0 Å². The Morgan fingerprint density at radius 3 is 2.59 bits per heavy atom. The van der Waals surface area contributed by atoms with Gasteiger partial charge in [0.05, 0.1) is 6.61 Å². The van der Waals surface area contributed by atoms with Crippen molar-refractivity contribution in [3.8, 4) is 11.5 Å². The number of nitrogens with zero attached hydrogens (tertiary/aromatic N) is 1. The summed E-state index contributed by atoms with van der Waals surface area (Å²) in [7, 11) is 0. The van der Waals surface area contributed by atoms with Gasteiger partial charge in [-0.3, -0.25) is 9.59 Å². The highest BCUT2D eigenvalue weighted by Gasteiger charge is 2.22. The largest absolute Gasteiger partial charge is 0.490 e. The lowest BCUT2D eigenvalue weighted by Gasteiger charge is -2.15. The fourth-order valence-corrected chi connectivity index (χ4v) is 3.19. The third-order valence-electron chi connectivity index (χ3n) is 4.47. The number of carboxylic acids is 1. The summed E-state index contributed by atoms with van der Waals surface area (Å²) in [5.41, 5.74) is 2.85. The predicted octanol–water partition coefficient (Wildman–Crippen LogP) is 2.71. The number of hydrogen-bond acceptors (Lipinski definition) is 5. The number of carbonyl (C=O) groups excluding carboxylic acids is 2. The van der Waals surface area contributed by atoms with E-state index in [1.54, 1.807) is 24.0 Å². The molecule has 2 N–H and O–H groups in total. The van der Waals surface area contributed by atoms with E-state index in [1.165, 1.54) is 19.1 Å². The molecule has 0 radical (unpaired) electrons. The second-order valence-corrected chi connectivity index (χ2v) is 6.50. The van der Waals surface area contributed by atoms with E-state index >= 15 is 0 Å². The molecule has 29 heavy (non-hydrogen) atoms.